The van der Waals surface area contributed by atoms with Gasteiger partial charge in [-0.2, -0.15) is 0 Å². The summed E-state index contributed by atoms with van der Waals surface area (Å²) in [5.74, 6) is -1.10. The van der Waals surface area contributed by atoms with Crippen LogP contribution in [0.1, 0.15) is 23.6 Å². The molecule has 0 saturated carbocycles. The monoisotopic (exact) mass is 500 g/mol. The van der Waals surface area contributed by atoms with Crippen LogP contribution in [-0.4, -0.2) is 70.2 Å². The highest BCUT2D eigenvalue weighted by atomic mass is 35.5. The van der Waals surface area contributed by atoms with Gasteiger partial charge in [-0.3, -0.25) is 9.59 Å². The molecule has 2 aromatic carbocycles. The Labute approximate surface area is 209 Å². The molecule has 2 aliphatic heterocycles. The van der Waals surface area contributed by atoms with Crippen LogP contribution in [0.2, 0.25) is 5.02 Å². The van der Waals surface area contributed by atoms with Crippen LogP contribution >= 0.6 is 11.6 Å². The Bertz CT molecular complexity index is 1130. The van der Waals surface area contributed by atoms with Gasteiger partial charge in [0.1, 0.15) is 24.6 Å². The number of hydrogen-bond donors (Lipinski definition) is 1. The molecule has 0 radical (unpaired) electrons. The highest BCUT2D eigenvalue weighted by molar-refractivity contribution is 6.46. The molecular weight excluding hydrogens is 472 g/mol. The van der Waals surface area contributed by atoms with E-state index in [1.165, 1.54) is 30.1 Å². The second kappa shape index (κ2) is 11.1. The average Bonchev–Trinajstić information content (AvgIpc) is 3.13. The summed E-state index contributed by atoms with van der Waals surface area (Å²) in [4.78, 5) is 29.3. The number of benzene rings is 2. The zero-order chi connectivity index (χ0) is 24.9. The number of nitrogens with one attached hydrogen (secondary N) is 1. The van der Waals surface area contributed by atoms with Gasteiger partial charge < -0.3 is 29.1 Å². The predicted octanol–water partition coefficient (Wildman–Crippen LogP) is 0.886. The van der Waals surface area contributed by atoms with Crippen LogP contribution in [0.15, 0.2) is 48.0 Å². The summed E-state index contributed by atoms with van der Waals surface area (Å²) in [6.07, 6.45) is 0.690. The Morgan fingerprint density at radius 1 is 1.11 bits per heavy atom. The molecule has 35 heavy (non-hydrogen) atoms. The molecule has 0 aliphatic carbocycles. The van der Waals surface area contributed by atoms with Crippen LogP contribution < -0.4 is 19.5 Å². The van der Waals surface area contributed by atoms with Crippen molar-refractivity contribution >= 4 is 29.1 Å². The van der Waals surface area contributed by atoms with Gasteiger partial charge >= 0.3 is 0 Å². The number of carbonyl (C=O) groups excluding carboxylic acids is 2. The average molecular weight is 501 g/mol. The smallest absolute Gasteiger partial charge is 0.295 e. The number of quaternary nitrogens is 1. The standard InChI is InChI=1S/C26H29ClN2O6/c1-33-20-7-4-3-6-18(20)23-22(24(30)17-8-9-21(34-2)19(27)16-17)25(31)26(32)29(23)11-5-10-28-12-14-35-15-13-28/h3-4,6-9,16,23,30H,5,10-15H2,1-2H3/b24-22+. The van der Waals surface area contributed by atoms with Crippen molar-refractivity contribution in [1.82, 2.24) is 4.90 Å². The minimum atomic E-state index is -0.848. The Hall–Kier alpha value is -3.07. The lowest BCUT2D eigenvalue weighted by atomic mass is 9.94. The number of halogens is 1. The molecule has 0 aromatic heterocycles. The number of methoxy groups -OCH3 is 2. The van der Waals surface area contributed by atoms with E-state index >= 15 is 0 Å². The van der Waals surface area contributed by atoms with Crippen LogP contribution in [0.4, 0.5) is 0 Å². The van der Waals surface area contributed by atoms with Crippen LogP contribution in [0.25, 0.3) is 5.76 Å². The van der Waals surface area contributed by atoms with Gasteiger partial charge in [-0.25, -0.2) is 0 Å². The Morgan fingerprint density at radius 3 is 2.51 bits per heavy atom. The Balaban J connectivity index is 1.72. The number of nitrogens with zero attached hydrogens (tertiary/aromatic N) is 1. The minimum Gasteiger partial charge on any atom is -0.872 e. The molecule has 8 nitrogen and oxygen atoms in total. The van der Waals surface area contributed by atoms with E-state index in [1.807, 2.05) is 0 Å². The number of para-hydroxylation sites is 1. The van der Waals surface area contributed by atoms with E-state index in [1.54, 1.807) is 36.4 Å². The van der Waals surface area contributed by atoms with E-state index in [4.69, 9.17) is 25.8 Å². The normalized spacial score (nSPS) is 20.3. The van der Waals surface area contributed by atoms with Crippen molar-refractivity contribution in [2.75, 3.05) is 53.6 Å². The topological polar surface area (TPSA) is 92.6 Å². The fraction of sp³-hybridized carbons (Fsp3) is 0.385. The SMILES string of the molecule is COc1ccc(/C([O-])=C2\C(=O)C(=O)N(CCC[NH+]3CCOCC3)C2c2ccccc2OC)cc1Cl. The zero-order valence-corrected chi connectivity index (χ0v) is 20.6. The number of hydrogen-bond acceptors (Lipinski definition) is 6. The van der Waals surface area contributed by atoms with Crippen LogP contribution in [0.5, 0.6) is 11.5 Å². The van der Waals surface area contributed by atoms with Gasteiger partial charge in [-0.15, -0.1) is 0 Å². The van der Waals surface area contributed by atoms with E-state index in [9.17, 15) is 14.7 Å². The fourth-order valence-corrected chi connectivity index (χ4v) is 4.95. The molecule has 2 fully saturated rings. The second-order valence-corrected chi connectivity index (χ2v) is 8.94. The first-order chi connectivity index (χ1) is 17.0. The van der Waals surface area contributed by atoms with E-state index in [-0.39, 0.29) is 16.2 Å². The third kappa shape index (κ3) is 5.15. The number of Topliss-reactive ketones (excluding diaryl/α,β-unsaturated/α-hetero) is 1. The van der Waals surface area contributed by atoms with Crippen LogP contribution in [-0.2, 0) is 14.3 Å². The molecule has 186 valence electrons. The number of morpholine rings is 1. The first-order valence-electron chi connectivity index (χ1n) is 11.6. The zero-order valence-electron chi connectivity index (χ0n) is 19.8. The van der Waals surface area contributed by atoms with Crippen LogP contribution in [0.3, 0.4) is 0 Å². The van der Waals surface area contributed by atoms with Crippen molar-refractivity contribution < 1.29 is 33.8 Å². The van der Waals surface area contributed by atoms with Crippen LogP contribution in [0, 0.1) is 0 Å². The number of carbonyl (C=O) groups is 2. The molecule has 0 spiro atoms. The summed E-state index contributed by atoms with van der Waals surface area (Å²) in [5.41, 5.74) is 0.710. The maximum atomic E-state index is 13.6. The summed E-state index contributed by atoms with van der Waals surface area (Å²) < 4.78 is 16.1. The molecule has 4 rings (SSSR count). The Kier molecular flexibility index (Phi) is 7.95. The van der Waals surface area contributed by atoms with Gasteiger partial charge in [0.15, 0.2) is 0 Å². The second-order valence-electron chi connectivity index (χ2n) is 8.53. The molecule has 1 N–H and O–H groups in total. The predicted molar refractivity (Wildman–Crippen MR) is 128 cm³/mol. The van der Waals surface area contributed by atoms with Gasteiger partial charge in [0.05, 0.1) is 45.0 Å². The molecule has 9 heteroatoms. The van der Waals surface area contributed by atoms with E-state index in [2.05, 4.69) is 0 Å². The maximum absolute atomic E-state index is 13.6. The first kappa shape index (κ1) is 25.0. The maximum Gasteiger partial charge on any atom is 0.295 e. The van der Waals surface area contributed by atoms with Gasteiger partial charge in [-0.1, -0.05) is 41.6 Å². The molecule has 2 saturated heterocycles. The molecule has 2 heterocycles. The Morgan fingerprint density at radius 2 is 1.83 bits per heavy atom. The highest BCUT2D eigenvalue weighted by Gasteiger charge is 2.45. The molecule has 2 aliphatic rings. The lowest BCUT2D eigenvalue weighted by Crippen LogP contribution is -3.14. The van der Waals surface area contributed by atoms with Crippen molar-refractivity contribution in [1.29, 1.82) is 0 Å². The molecule has 2 aromatic rings. The summed E-state index contributed by atoms with van der Waals surface area (Å²) in [7, 11) is 3.00. The van der Waals surface area contributed by atoms with Crippen molar-refractivity contribution in [2.45, 2.75) is 12.5 Å². The number of ketones is 1. The summed E-state index contributed by atoms with van der Waals surface area (Å²) in [6, 6.07) is 10.9. The van der Waals surface area contributed by atoms with Crippen molar-refractivity contribution in [3.63, 3.8) is 0 Å². The summed E-state index contributed by atoms with van der Waals surface area (Å²) in [5, 5.41) is 13.9. The lowest BCUT2D eigenvalue weighted by molar-refractivity contribution is -0.908. The lowest BCUT2D eigenvalue weighted by Gasteiger charge is -2.29. The van der Waals surface area contributed by atoms with Gasteiger partial charge in [0.25, 0.3) is 5.91 Å². The molecule has 1 atom stereocenters. The first-order valence-corrected chi connectivity index (χ1v) is 12.0. The largest absolute Gasteiger partial charge is 0.872 e. The quantitative estimate of drug-likeness (QED) is 0.329. The molecule has 0 bridgehead atoms. The van der Waals surface area contributed by atoms with Gasteiger partial charge in [0, 0.05) is 24.1 Å². The third-order valence-electron chi connectivity index (χ3n) is 6.51. The third-order valence-corrected chi connectivity index (χ3v) is 6.80. The van der Waals surface area contributed by atoms with Crippen molar-refractivity contribution in [3.05, 3.63) is 64.2 Å². The summed E-state index contributed by atoms with van der Waals surface area (Å²) >= 11 is 6.24. The molecule has 1 amide bonds. The van der Waals surface area contributed by atoms with E-state index in [0.717, 1.165) is 32.8 Å². The molecular formula is C26H29ClN2O6. The number of likely N-dealkylation sites (tertiary alicyclic amines) is 1. The fourth-order valence-electron chi connectivity index (χ4n) is 4.69. The van der Waals surface area contributed by atoms with E-state index in [0.29, 0.717) is 30.0 Å². The number of ether oxygens (including phenoxy) is 3. The summed E-state index contributed by atoms with van der Waals surface area (Å²) in [6.45, 7) is 4.46. The number of amides is 1. The van der Waals surface area contributed by atoms with Gasteiger partial charge in [0.2, 0.25) is 5.78 Å². The molecule has 1 unspecified atom stereocenters. The minimum absolute atomic E-state index is 0.0977. The van der Waals surface area contributed by atoms with Crippen molar-refractivity contribution in [2.24, 2.45) is 0 Å². The van der Waals surface area contributed by atoms with Crippen molar-refractivity contribution in [3.8, 4) is 11.5 Å². The highest BCUT2D eigenvalue weighted by Crippen LogP contribution is 2.42. The number of rotatable bonds is 8. The van der Waals surface area contributed by atoms with Gasteiger partial charge in [-0.05, 0) is 23.8 Å². The van der Waals surface area contributed by atoms with E-state index < -0.39 is 23.5 Å².